The minimum atomic E-state index is 0.0828. The van der Waals surface area contributed by atoms with Crippen LogP contribution in [0.4, 0.5) is 0 Å². The molecule has 1 aromatic heterocycles. The van der Waals surface area contributed by atoms with E-state index in [2.05, 4.69) is 0 Å². The maximum Gasteiger partial charge on any atom is 0.231 e. The van der Waals surface area contributed by atoms with E-state index in [1.165, 1.54) is 0 Å². The lowest BCUT2D eigenvalue weighted by Crippen LogP contribution is -2.13. The molecule has 2 heterocycles. The Morgan fingerprint density at radius 1 is 1.00 bits per heavy atom. The van der Waals surface area contributed by atoms with Crippen molar-refractivity contribution >= 4 is 0 Å². The van der Waals surface area contributed by atoms with Crippen LogP contribution in [0.25, 0.3) is 0 Å². The van der Waals surface area contributed by atoms with Crippen molar-refractivity contribution in [3.05, 3.63) is 56.6 Å². The summed E-state index contributed by atoms with van der Waals surface area (Å²) in [4.78, 5) is 12.1. The van der Waals surface area contributed by atoms with Crippen molar-refractivity contribution in [2.45, 2.75) is 33.6 Å². The molecule has 0 amide bonds. The first-order chi connectivity index (χ1) is 10.1. The second kappa shape index (κ2) is 5.28. The molecule has 0 N–H and O–H groups in total. The summed E-state index contributed by atoms with van der Waals surface area (Å²) >= 11 is 0. The summed E-state index contributed by atoms with van der Waals surface area (Å²) in [6.07, 6.45) is 1.49. The molecule has 110 valence electrons. The zero-order valence-corrected chi connectivity index (χ0v) is 12.5. The van der Waals surface area contributed by atoms with Crippen molar-refractivity contribution in [1.82, 2.24) is 0 Å². The van der Waals surface area contributed by atoms with Crippen LogP contribution in [0.5, 0.6) is 11.5 Å². The van der Waals surface area contributed by atoms with E-state index in [0.29, 0.717) is 23.3 Å². The lowest BCUT2D eigenvalue weighted by Gasteiger charge is -2.08. The van der Waals surface area contributed by atoms with Crippen molar-refractivity contribution in [2.24, 2.45) is 0 Å². The van der Waals surface area contributed by atoms with Crippen LogP contribution >= 0.6 is 0 Å². The van der Waals surface area contributed by atoms with Crippen LogP contribution < -0.4 is 14.9 Å². The summed E-state index contributed by atoms with van der Waals surface area (Å²) in [6, 6.07) is 5.92. The smallest absolute Gasteiger partial charge is 0.231 e. The van der Waals surface area contributed by atoms with E-state index in [-0.39, 0.29) is 12.2 Å². The van der Waals surface area contributed by atoms with Crippen LogP contribution in [0.2, 0.25) is 0 Å². The number of hydrogen-bond acceptors (Lipinski definition) is 4. The van der Waals surface area contributed by atoms with Gasteiger partial charge in [0.15, 0.2) is 16.9 Å². The van der Waals surface area contributed by atoms with Gasteiger partial charge in [-0.3, -0.25) is 4.79 Å². The number of fused-ring (bicyclic) bond motifs is 1. The summed E-state index contributed by atoms with van der Waals surface area (Å²) in [5.74, 6) is 3.03. The SMILES string of the molecule is Cc1oc(CCc2ccc3c(c2)OCO3)c(C)c(=O)c1C. The lowest BCUT2D eigenvalue weighted by molar-refractivity contribution is 0.174. The average molecular weight is 286 g/mol. The van der Waals surface area contributed by atoms with Crippen molar-refractivity contribution in [3.63, 3.8) is 0 Å². The third-order valence-electron chi connectivity index (χ3n) is 3.98. The zero-order chi connectivity index (χ0) is 15.0. The van der Waals surface area contributed by atoms with E-state index in [1.54, 1.807) is 6.92 Å². The van der Waals surface area contributed by atoms with Gasteiger partial charge in [0.1, 0.15) is 11.5 Å². The topological polar surface area (TPSA) is 48.7 Å². The van der Waals surface area contributed by atoms with Crippen molar-refractivity contribution < 1.29 is 13.9 Å². The predicted octanol–water partition coefficient (Wildman–Crippen LogP) is 3.08. The zero-order valence-electron chi connectivity index (χ0n) is 12.5. The van der Waals surface area contributed by atoms with Crippen LogP contribution in [0.1, 0.15) is 28.2 Å². The fraction of sp³-hybridized carbons (Fsp3) is 0.353. The Morgan fingerprint density at radius 3 is 2.57 bits per heavy atom. The molecule has 2 aromatic rings. The largest absolute Gasteiger partial charge is 0.466 e. The van der Waals surface area contributed by atoms with Crippen LogP contribution in [0.3, 0.4) is 0 Å². The molecule has 0 fully saturated rings. The van der Waals surface area contributed by atoms with E-state index >= 15 is 0 Å². The quantitative estimate of drug-likeness (QED) is 0.870. The normalized spacial score (nSPS) is 12.7. The molecule has 1 aromatic carbocycles. The average Bonchev–Trinajstić information content (AvgIpc) is 2.95. The van der Waals surface area contributed by atoms with Gasteiger partial charge in [-0.1, -0.05) is 6.07 Å². The standard InChI is InChI=1S/C17H18O4/c1-10-12(3)21-14(11(2)17(10)18)6-4-13-5-7-15-16(8-13)20-9-19-15/h5,7-8H,4,6,9H2,1-3H3. The molecule has 0 radical (unpaired) electrons. The Morgan fingerprint density at radius 2 is 1.76 bits per heavy atom. The molecule has 4 nitrogen and oxygen atoms in total. The maximum atomic E-state index is 12.1. The van der Waals surface area contributed by atoms with E-state index in [9.17, 15) is 4.79 Å². The van der Waals surface area contributed by atoms with Gasteiger partial charge in [0.05, 0.1) is 0 Å². The fourth-order valence-corrected chi connectivity index (χ4v) is 2.50. The third-order valence-corrected chi connectivity index (χ3v) is 3.98. The Balaban J connectivity index is 1.81. The molecule has 0 bridgehead atoms. The Kier molecular flexibility index (Phi) is 3.45. The van der Waals surface area contributed by atoms with Crippen molar-refractivity contribution in [1.29, 1.82) is 0 Å². The molecular weight excluding hydrogens is 268 g/mol. The molecule has 3 rings (SSSR count). The molecule has 0 atom stereocenters. The third kappa shape index (κ3) is 2.53. The lowest BCUT2D eigenvalue weighted by atomic mass is 10.0. The first kappa shape index (κ1) is 13.7. The second-order valence-corrected chi connectivity index (χ2v) is 5.35. The number of ether oxygens (including phenoxy) is 2. The van der Waals surface area contributed by atoms with Crippen LogP contribution in [-0.4, -0.2) is 6.79 Å². The minimum absolute atomic E-state index is 0.0828. The summed E-state index contributed by atoms with van der Waals surface area (Å²) in [6.45, 7) is 5.74. The molecule has 1 aliphatic rings. The molecule has 0 saturated carbocycles. The van der Waals surface area contributed by atoms with E-state index < -0.39 is 0 Å². The van der Waals surface area contributed by atoms with Gasteiger partial charge in [0.2, 0.25) is 6.79 Å². The van der Waals surface area contributed by atoms with Gasteiger partial charge in [0.25, 0.3) is 0 Å². The van der Waals surface area contributed by atoms with Gasteiger partial charge >= 0.3 is 0 Å². The van der Waals surface area contributed by atoms with Gasteiger partial charge < -0.3 is 13.9 Å². The first-order valence-electron chi connectivity index (χ1n) is 7.04. The molecule has 21 heavy (non-hydrogen) atoms. The number of rotatable bonds is 3. The summed E-state index contributed by atoms with van der Waals surface area (Å²) < 4.78 is 16.4. The van der Waals surface area contributed by atoms with E-state index in [4.69, 9.17) is 13.9 Å². The van der Waals surface area contributed by atoms with Gasteiger partial charge in [-0.15, -0.1) is 0 Å². The molecular formula is C17H18O4. The summed E-state index contributed by atoms with van der Waals surface area (Å²) in [5, 5.41) is 0. The van der Waals surface area contributed by atoms with E-state index in [1.807, 2.05) is 32.0 Å². The van der Waals surface area contributed by atoms with Crippen LogP contribution in [-0.2, 0) is 12.8 Å². The van der Waals surface area contributed by atoms with Crippen LogP contribution in [0.15, 0.2) is 27.4 Å². The van der Waals surface area contributed by atoms with Crippen molar-refractivity contribution in [2.75, 3.05) is 6.79 Å². The van der Waals surface area contributed by atoms with Gasteiger partial charge in [-0.25, -0.2) is 0 Å². The van der Waals surface area contributed by atoms with Gasteiger partial charge in [-0.2, -0.15) is 0 Å². The highest BCUT2D eigenvalue weighted by Gasteiger charge is 2.14. The fourth-order valence-electron chi connectivity index (χ4n) is 2.50. The highest BCUT2D eigenvalue weighted by Crippen LogP contribution is 2.32. The Labute approximate surface area is 123 Å². The first-order valence-corrected chi connectivity index (χ1v) is 7.04. The van der Waals surface area contributed by atoms with Gasteiger partial charge in [-0.05, 0) is 44.9 Å². The summed E-state index contributed by atoms with van der Waals surface area (Å²) in [5.41, 5.74) is 2.62. The molecule has 0 saturated heterocycles. The Bertz CT molecular complexity index is 743. The maximum absolute atomic E-state index is 12.1. The minimum Gasteiger partial charge on any atom is -0.466 e. The summed E-state index contributed by atoms with van der Waals surface area (Å²) in [7, 11) is 0. The van der Waals surface area contributed by atoms with E-state index in [0.717, 1.165) is 29.2 Å². The van der Waals surface area contributed by atoms with Crippen molar-refractivity contribution in [3.8, 4) is 11.5 Å². The predicted molar refractivity (Wildman–Crippen MR) is 79.2 cm³/mol. The molecule has 1 aliphatic heterocycles. The van der Waals surface area contributed by atoms with Gasteiger partial charge in [0, 0.05) is 17.5 Å². The molecule has 4 heteroatoms. The molecule has 0 spiro atoms. The molecule has 0 unspecified atom stereocenters. The van der Waals surface area contributed by atoms with Crippen LogP contribution in [0, 0.1) is 20.8 Å². The highest BCUT2D eigenvalue weighted by atomic mass is 16.7. The second-order valence-electron chi connectivity index (χ2n) is 5.35. The highest BCUT2D eigenvalue weighted by molar-refractivity contribution is 5.44. The molecule has 0 aliphatic carbocycles. The monoisotopic (exact) mass is 286 g/mol. The number of hydrogen-bond donors (Lipinski definition) is 0. The Hall–Kier alpha value is -2.23. The number of benzene rings is 1. The number of aryl methyl sites for hydroxylation is 3.